The number of nitrogens with zero attached hydrogens (tertiary/aromatic N) is 1. The average Bonchev–Trinajstić information content (AvgIpc) is 2.43. The molecule has 0 aromatic heterocycles. The monoisotopic (exact) mass is 410 g/mol. The molecule has 2 aromatic rings. The Morgan fingerprint density at radius 3 is 2.70 bits per heavy atom. The highest BCUT2D eigenvalue weighted by Crippen LogP contribution is 2.33. The molecule has 0 amide bonds. The van der Waals surface area contributed by atoms with Gasteiger partial charge >= 0.3 is 0 Å². The fourth-order valence-corrected chi connectivity index (χ4v) is 3.26. The van der Waals surface area contributed by atoms with Gasteiger partial charge in [0.15, 0.2) is 0 Å². The molecular weight excluding hydrogens is 400 g/mol. The molecule has 0 spiro atoms. The second-order valence-corrected chi connectivity index (χ2v) is 7.05. The summed E-state index contributed by atoms with van der Waals surface area (Å²) in [6, 6.07) is 14.1. The molecule has 0 bridgehead atoms. The first-order valence-electron chi connectivity index (χ1n) is 6.03. The van der Waals surface area contributed by atoms with Crippen LogP contribution in [0.2, 0.25) is 0 Å². The number of hydrogen-bond acceptors (Lipinski definition) is 3. The van der Waals surface area contributed by atoms with Crippen LogP contribution in [0.3, 0.4) is 0 Å². The number of hydrogen-bond donors (Lipinski definition) is 1. The summed E-state index contributed by atoms with van der Waals surface area (Å²) in [6.45, 7) is 2.08. The lowest BCUT2D eigenvalue weighted by Gasteiger charge is -2.12. The maximum atomic E-state index is 9.40. The lowest BCUT2D eigenvalue weighted by atomic mass is 10.2. The van der Waals surface area contributed by atoms with E-state index in [1.807, 2.05) is 36.4 Å². The van der Waals surface area contributed by atoms with Gasteiger partial charge in [-0.2, -0.15) is 5.26 Å². The van der Waals surface area contributed by atoms with Crippen LogP contribution in [0, 0.1) is 11.3 Å². The zero-order valence-electron chi connectivity index (χ0n) is 10.8. The molecule has 2 rings (SSSR count). The Labute approximate surface area is 139 Å². The second kappa shape index (κ2) is 7.16. The average molecular weight is 412 g/mol. The maximum Gasteiger partial charge on any atom is 0.103 e. The van der Waals surface area contributed by atoms with Crippen LogP contribution in [-0.4, -0.2) is 5.75 Å². The van der Waals surface area contributed by atoms with E-state index in [0.717, 1.165) is 31.0 Å². The van der Waals surface area contributed by atoms with Crippen LogP contribution in [0.1, 0.15) is 12.5 Å². The van der Waals surface area contributed by atoms with E-state index in [2.05, 4.69) is 50.2 Å². The highest BCUT2D eigenvalue weighted by molar-refractivity contribution is 9.11. The molecule has 0 atom stereocenters. The minimum absolute atomic E-state index is 0.686. The summed E-state index contributed by atoms with van der Waals surface area (Å²) < 4.78 is 1.94. The van der Waals surface area contributed by atoms with Gasteiger partial charge in [0.05, 0.1) is 16.9 Å². The molecular formula is C15H12Br2N2S. The van der Waals surface area contributed by atoms with E-state index >= 15 is 0 Å². The minimum Gasteiger partial charge on any atom is -0.353 e. The zero-order chi connectivity index (χ0) is 14.5. The molecule has 0 fully saturated rings. The van der Waals surface area contributed by atoms with Gasteiger partial charge in [-0.05, 0) is 52.0 Å². The Morgan fingerprint density at radius 1 is 1.20 bits per heavy atom. The molecule has 0 heterocycles. The van der Waals surface area contributed by atoms with Crippen LogP contribution in [0.4, 0.5) is 11.4 Å². The highest BCUT2D eigenvalue weighted by atomic mass is 79.9. The van der Waals surface area contributed by atoms with Crippen molar-refractivity contribution in [2.24, 2.45) is 0 Å². The van der Waals surface area contributed by atoms with Crippen LogP contribution < -0.4 is 5.32 Å². The van der Waals surface area contributed by atoms with Crippen LogP contribution >= 0.6 is 43.6 Å². The summed E-state index contributed by atoms with van der Waals surface area (Å²) in [4.78, 5) is 1.01. The normalized spacial score (nSPS) is 10.1. The fourth-order valence-electron chi connectivity index (χ4n) is 1.76. The first-order chi connectivity index (χ1) is 9.65. The van der Waals surface area contributed by atoms with Gasteiger partial charge in [0.25, 0.3) is 0 Å². The van der Waals surface area contributed by atoms with E-state index in [1.165, 1.54) is 0 Å². The van der Waals surface area contributed by atoms with Crippen LogP contribution in [0.5, 0.6) is 0 Å². The Balaban J connectivity index is 2.41. The lowest BCUT2D eigenvalue weighted by Crippen LogP contribution is -1.96. The second-order valence-electron chi connectivity index (χ2n) is 3.97. The number of anilines is 2. The van der Waals surface area contributed by atoms with Crippen molar-refractivity contribution in [3.05, 3.63) is 50.9 Å². The number of thioether (sulfide) groups is 1. The van der Waals surface area contributed by atoms with Crippen molar-refractivity contribution < 1.29 is 0 Å². The number of nitriles is 1. The lowest BCUT2D eigenvalue weighted by molar-refractivity contribution is 1.34. The molecule has 2 nitrogen and oxygen atoms in total. The molecule has 1 N–H and O–H groups in total. The standard InChI is InChI=1S/C15H12Br2N2S/c1-2-20-15-5-3-4-13(11(15)9-18)19-14-8-10(16)6-7-12(14)17/h3-8,19H,2H2,1H3. The third-order valence-corrected chi connectivity index (χ3v) is 4.76. The Morgan fingerprint density at radius 2 is 2.00 bits per heavy atom. The minimum atomic E-state index is 0.686. The summed E-state index contributed by atoms with van der Waals surface area (Å²) in [5.41, 5.74) is 2.44. The van der Waals surface area contributed by atoms with Gasteiger partial charge in [0.2, 0.25) is 0 Å². The molecule has 0 aliphatic rings. The molecule has 102 valence electrons. The van der Waals surface area contributed by atoms with Crippen molar-refractivity contribution in [3.63, 3.8) is 0 Å². The molecule has 0 radical (unpaired) electrons. The summed E-state index contributed by atoms with van der Waals surface area (Å²) in [5.74, 6) is 0.943. The van der Waals surface area contributed by atoms with Gasteiger partial charge in [-0.25, -0.2) is 0 Å². The van der Waals surface area contributed by atoms with E-state index < -0.39 is 0 Å². The van der Waals surface area contributed by atoms with E-state index in [4.69, 9.17) is 0 Å². The van der Waals surface area contributed by atoms with Crippen molar-refractivity contribution in [1.82, 2.24) is 0 Å². The summed E-state index contributed by atoms with van der Waals surface area (Å²) >= 11 is 8.64. The predicted molar refractivity (Wildman–Crippen MR) is 92.7 cm³/mol. The Bertz CT molecular complexity index is 665. The fraction of sp³-hybridized carbons (Fsp3) is 0.133. The molecule has 20 heavy (non-hydrogen) atoms. The largest absolute Gasteiger partial charge is 0.353 e. The van der Waals surface area contributed by atoms with Crippen LogP contribution in [0.15, 0.2) is 50.2 Å². The predicted octanol–water partition coefficient (Wildman–Crippen LogP) is 5.94. The number of benzene rings is 2. The summed E-state index contributed by atoms with van der Waals surface area (Å²) in [6.07, 6.45) is 0. The van der Waals surface area contributed by atoms with E-state index in [0.29, 0.717) is 5.56 Å². The molecule has 5 heteroatoms. The number of nitrogens with one attached hydrogen (secondary N) is 1. The smallest absolute Gasteiger partial charge is 0.103 e. The molecule has 0 aliphatic heterocycles. The van der Waals surface area contributed by atoms with Gasteiger partial charge in [-0.1, -0.05) is 28.9 Å². The van der Waals surface area contributed by atoms with Crippen molar-refractivity contribution in [2.45, 2.75) is 11.8 Å². The van der Waals surface area contributed by atoms with Gasteiger partial charge in [0.1, 0.15) is 6.07 Å². The van der Waals surface area contributed by atoms with Crippen LogP contribution in [0.25, 0.3) is 0 Å². The zero-order valence-corrected chi connectivity index (χ0v) is 14.8. The Hall–Kier alpha value is -0.960. The van der Waals surface area contributed by atoms with Gasteiger partial charge in [-0.15, -0.1) is 11.8 Å². The summed E-state index contributed by atoms with van der Waals surface area (Å²) in [5, 5.41) is 12.7. The van der Waals surface area contributed by atoms with E-state index in [-0.39, 0.29) is 0 Å². The van der Waals surface area contributed by atoms with Gasteiger partial charge in [-0.3, -0.25) is 0 Å². The molecule has 0 unspecified atom stereocenters. The van der Waals surface area contributed by atoms with Crippen molar-refractivity contribution in [1.29, 1.82) is 5.26 Å². The quantitative estimate of drug-likeness (QED) is 0.632. The number of halogens is 2. The third kappa shape index (κ3) is 3.57. The van der Waals surface area contributed by atoms with Crippen molar-refractivity contribution in [3.8, 4) is 6.07 Å². The van der Waals surface area contributed by atoms with Gasteiger partial charge < -0.3 is 5.32 Å². The molecule has 0 aliphatic carbocycles. The van der Waals surface area contributed by atoms with E-state index in [9.17, 15) is 5.26 Å². The van der Waals surface area contributed by atoms with Gasteiger partial charge in [0, 0.05) is 13.8 Å². The molecule has 2 aromatic carbocycles. The maximum absolute atomic E-state index is 9.40. The third-order valence-electron chi connectivity index (χ3n) is 2.64. The molecule has 0 saturated carbocycles. The Kier molecular flexibility index (Phi) is 5.53. The van der Waals surface area contributed by atoms with Crippen molar-refractivity contribution in [2.75, 3.05) is 11.1 Å². The SMILES string of the molecule is CCSc1cccc(Nc2cc(Br)ccc2Br)c1C#N. The summed E-state index contributed by atoms with van der Waals surface area (Å²) in [7, 11) is 0. The van der Waals surface area contributed by atoms with Crippen LogP contribution in [-0.2, 0) is 0 Å². The first kappa shape index (κ1) is 15.4. The van der Waals surface area contributed by atoms with E-state index in [1.54, 1.807) is 11.8 Å². The van der Waals surface area contributed by atoms with Crippen molar-refractivity contribution >= 4 is 55.0 Å². The highest BCUT2D eigenvalue weighted by Gasteiger charge is 2.09. The first-order valence-corrected chi connectivity index (χ1v) is 8.61. The topological polar surface area (TPSA) is 35.8 Å². The molecule has 0 saturated heterocycles. The number of rotatable bonds is 4.